The average molecular weight is 353 g/mol. The number of benzene rings is 1. The van der Waals surface area contributed by atoms with Crippen LogP contribution in [0.3, 0.4) is 0 Å². The van der Waals surface area contributed by atoms with E-state index in [1.54, 1.807) is 6.92 Å². The zero-order valence-electron chi connectivity index (χ0n) is 13.8. The van der Waals surface area contributed by atoms with E-state index in [1.807, 2.05) is 30.3 Å². The van der Waals surface area contributed by atoms with E-state index < -0.39 is 12.0 Å². The summed E-state index contributed by atoms with van der Waals surface area (Å²) in [6, 6.07) is 8.34. The second kappa shape index (κ2) is 6.19. The number of nitrogens with one attached hydrogen (secondary N) is 1. The molecule has 26 heavy (non-hydrogen) atoms. The molecule has 0 radical (unpaired) electrons. The number of Topliss-reactive ketones (excluding diaryl/α,β-unsaturated/α-hetero) is 1. The minimum atomic E-state index is -1.24. The van der Waals surface area contributed by atoms with Crippen LogP contribution in [0.2, 0.25) is 0 Å². The number of hydrogen-bond acceptors (Lipinski definition) is 7. The molecule has 0 saturated carbocycles. The van der Waals surface area contributed by atoms with Gasteiger partial charge in [0.2, 0.25) is 5.78 Å². The highest BCUT2D eigenvalue weighted by atomic mass is 16.5. The summed E-state index contributed by atoms with van der Waals surface area (Å²) in [5.74, 6) is -1.19. The highest BCUT2D eigenvalue weighted by Gasteiger charge is 2.37. The van der Waals surface area contributed by atoms with Gasteiger partial charge >= 0.3 is 5.97 Å². The molecule has 132 valence electrons. The Morgan fingerprint density at radius 3 is 2.73 bits per heavy atom. The molecule has 0 amide bonds. The third-order valence-corrected chi connectivity index (χ3v) is 4.26. The SMILES string of the molecule is Cc1nn(-c2ccccc2)nc1C(=O)C1NCCc2onc(C(=O)O)c21. The van der Waals surface area contributed by atoms with E-state index in [1.165, 1.54) is 4.80 Å². The molecule has 2 N–H and O–H groups in total. The van der Waals surface area contributed by atoms with E-state index in [2.05, 4.69) is 20.7 Å². The van der Waals surface area contributed by atoms with Crippen molar-refractivity contribution in [2.75, 3.05) is 6.54 Å². The number of carbonyl (C=O) groups is 2. The number of ketones is 1. The Labute approximate surface area is 147 Å². The Hall–Kier alpha value is -3.33. The van der Waals surface area contributed by atoms with Gasteiger partial charge in [-0.25, -0.2) is 4.79 Å². The topological polar surface area (TPSA) is 123 Å². The molecule has 0 fully saturated rings. The van der Waals surface area contributed by atoms with E-state index in [9.17, 15) is 14.7 Å². The number of aromatic carboxylic acids is 1. The van der Waals surface area contributed by atoms with Gasteiger partial charge in [-0.15, -0.1) is 5.10 Å². The zero-order valence-corrected chi connectivity index (χ0v) is 13.8. The number of aromatic nitrogens is 4. The summed E-state index contributed by atoms with van der Waals surface area (Å²) in [4.78, 5) is 25.8. The minimum absolute atomic E-state index is 0.178. The summed E-state index contributed by atoms with van der Waals surface area (Å²) in [6.45, 7) is 2.17. The molecule has 1 aliphatic heterocycles. The molecule has 4 rings (SSSR count). The van der Waals surface area contributed by atoms with Crippen molar-refractivity contribution in [1.29, 1.82) is 0 Å². The van der Waals surface area contributed by atoms with Crippen LogP contribution in [-0.2, 0) is 6.42 Å². The van der Waals surface area contributed by atoms with Gasteiger partial charge in [0.1, 0.15) is 11.8 Å². The Kier molecular flexibility index (Phi) is 3.85. The van der Waals surface area contributed by atoms with Crippen molar-refractivity contribution < 1.29 is 19.2 Å². The Balaban J connectivity index is 1.73. The number of hydrogen-bond donors (Lipinski definition) is 2. The normalized spacial score (nSPS) is 16.3. The molecular weight excluding hydrogens is 338 g/mol. The van der Waals surface area contributed by atoms with Crippen LogP contribution >= 0.6 is 0 Å². The smallest absolute Gasteiger partial charge is 0.358 e. The van der Waals surface area contributed by atoms with E-state index in [-0.39, 0.29) is 22.7 Å². The predicted molar refractivity (Wildman–Crippen MR) is 88.3 cm³/mol. The lowest BCUT2D eigenvalue weighted by atomic mass is 9.94. The van der Waals surface area contributed by atoms with Crippen LogP contribution in [0.1, 0.15) is 44.0 Å². The molecule has 9 heteroatoms. The first-order valence-corrected chi connectivity index (χ1v) is 8.05. The molecule has 3 aromatic rings. The third-order valence-electron chi connectivity index (χ3n) is 4.26. The first-order chi connectivity index (χ1) is 12.6. The quantitative estimate of drug-likeness (QED) is 0.673. The van der Waals surface area contributed by atoms with Crippen LogP contribution in [0.4, 0.5) is 0 Å². The molecule has 1 aliphatic rings. The molecule has 2 aromatic heterocycles. The molecule has 3 heterocycles. The Bertz CT molecular complexity index is 992. The lowest BCUT2D eigenvalue weighted by Gasteiger charge is -2.21. The molecule has 1 unspecified atom stereocenters. The Morgan fingerprint density at radius 1 is 1.23 bits per heavy atom. The summed E-state index contributed by atoms with van der Waals surface area (Å²) in [5.41, 5.74) is 1.38. The second-order valence-corrected chi connectivity index (χ2v) is 5.93. The minimum Gasteiger partial charge on any atom is -0.476 e. The number of nitrogens with zero attached hydrogens (tertiary/aromatic N) is 4. The fourth-order valence-electron chi connectivity index (χ4n) is 3.04. The molecule has 1 atom stereocenters. The van der Waals surface area contributed by atoms with E-state index >= 15 is 0 Å². The van der Waals surface area contributed by atoms with Crippen LogP contribution in [0.15, 0.2) is 34.9 Å². The van der Waals surface area contributed by atoms with Crippen LogP contribution in [-0.4, -0.2) is 43.6 Å². The number of carboxylic acids is 1. The maximum atomic E-state index is 13.1. The van der Waals surface area contributed by atoms with Gasteiger partial charge in [0.15, 0.2) is 11.4 Å². The van der Waals surface area contributed by atoms with Crippen molar-refractivity contribution in [3.8, 4) is 5.69 Å². The number of aryl methyl sites for hydroxylation is 1. The summed E-state index contributed by atoms with van der Waals surface area (Å²) in [6.07, 6.45) is 0.467. The molecule has 0 aliphatic carbocycles. The molecule has 0 spiro atoms. The van der Waals surface area contributed by atoms with Gasteiger partial charge in [0.05, 0.1) is 16.9 Å². The molecular formula is C17H15N5O4. The first kappa shape index (κ1) is 16.2. The maximum absolute atomic E-state index is 13.1. The molecule has 0 bridgehead atoms. The Morgan fingerprint density at radius 2 is 2.00 bits per heavy atom. The van der Waals surface area contributed by atoms with Gasteiger partial charge in [-0.3, -0.25) is 4.79 Å². The van der Waals surface area contributed by atoms with Gasteiger partial charge in [-0.05, 0) is 19.1 Å². The van der Waals surface area contributed by atoms with E-state index in [4.69, 9.17) is 4.52 Å². The standard InChI is InChI=1S/C17H15N5O4/c1-9-13(20-22(19-9)10-5-3-2-4-6-10)16(23)14-12-11(7-8-18-14)26-21-15(12)17(24)25/h2-6,14,18H,7-8H2,1H3,(H,24,25). The largest absolute Gasteiger partial charge is 0.476 e. The van der Waals surface area contributed by atoms with Gasteiger partial charge < -0.3 is 14.9 Å². The zero-order chi connectivity index (χ0) is 18.3. The third kappa shape index (κ3) is 2.58. The number of carbonyl (C=O) groups excluding carboxylic acids is 1. The number of para-hydroxylation sites is 1. The molecule has 0 saturated heterocycles. The number of fused-ring (bicyclic) bond motifs is 1. The lowest BCUT2D eigenvalue weighted by molar-refractivity contribution is 0.0684. The fraction of sp³-hybridized carbons (Fsp3) is 0.235. The van der Waals surface area contributed by atoms with Crippen molar-refractivity contribution in [2.24, 2.45) is 0 Å². The van der Waals surface area contributed by atoms with Gasteiger partial charge in [-0.2, -0.15) is 9.90 Å². The van der Waals surface area contributed by atoms with Crippen molar-refractivity contribution >= 4 is 11.8 Å². The van der Waals surface area contributed by atoms with E-state index in [0.717, 1.165) is 5.69 Å². The van der Waals surface area contributed by atoms with Crippen LogP contribution < -0.4 is 5.32 Å². The van der Waals surface area contributed by atoms with Gasteiger partial charge in [0, 0.05) is 13.0 Å². The number of rotatable bonds is 4. The van der Waals surface area contributed by atoms with Crippen molar-refractivity contribution in [3.05, 3.63) is 58.7 Å². The summed E-state index contributed by atoms with van der Waals surface area (Å²) in [5, 5.41) is 24.5. The summed E-state index contributed by atoms with van der Waals surface area (Å²) in [7, 11) is 0. The van der Waals surface area contributed by atoms with Gasteiger partial charge in [0.25, 0.3) is 0 Å². The van der Waals surface area contributed by atoms with Gasteiger partial charge in [-0.1, -0.05) is 23.4 Å². The van der Waals surface area contributed by atoms with Crippen LogP contribution in [0.25, 0.3) is 5.69 Å². The van der Waals surface area contributed by atoms with Crippen LogP contribution in [0, 0.1) is 6.92 Å². The fourth-order valence-corrected chi connectivity index (χ4v) is 3.04. The first-order valence-electron chi connectivity index (χ1n) is 8.05. The predicted octanol–water partition coefficient (Wildman–Crippen LogP) is 1.33. The highest BCUT2D eigenvalue weighted by molar-refractivity contribution is 6.02. The maximum Gasteiger partial charge on any atom is 0.358 e. The molecule has 1 aromatic carbocycles. The van der Waals surface area contributed by atoms with Crippen LogP contribution in [0.5, 0.6) is 0 Å². The monoisotopic (exact) mass is 353 g/mol. The average Bonchev–Trinajstić information content (AvgIpc) is 3.25. The van der Waals surface area contributed by atoms with Crippen molar-refractivity contribution in [3.63, 3.8) is 0 Å². The highest BCUT2D eigenvalue weighted by Crippen LogP contribution is 2.29. The second-order valence-electron chi connectivity index (χ2n) is 5.93. The summed E-state index contributed by atoms with van der Waals surface area (Å²) >= 11 is 0. The van der Waals surface area contributed by atoms with E-state index in [0.29, 0.717) is 24.4 Å². The molecule has 9 nitrogen and oxygen atoms in total. The number of carboxylic acid groups (broad SMARTS) is 1. The lowest BCUT2D eigenvalue weighted by Crippen LogP contribution is -2.36. The van der Waals surface area contributed by atoms with Crippen molar-refractivity contribution in [2.45, 2.75) is 19.4 Å². The van der Waals surface area contributed by atoms with Crippen molar-refractivity contribution in [1.82, 2.24) is 25.5 Å². The summed E-state index contributed by atoms with van der Waals surface area (Å²) < 4.78 is 5.11.